The van der Waals surface area contributed by atoms with Crippen molar-refractivity contribution in [1.29, 1.82) is 0 Å². The standard InChI is InChI=1S/C13H15NO2S/c15-13(16)9-7-14(8-9)11-5-6-17-12-4-2-1-3-10(11)12/h1-4,9,11H,5-8H2,(H,15,16). The van der Waals surface area contributed by atoms with Gasteiger partial charge in [-0.2, -0.15) is 0 Å². The molecule has 90 valence electrons. The van der Waals surface area contributed by atoms with Crippen molar-refractivity contribution in [1.82, 2.24) is 4.90 Å². The molecule has 0 aliphatic carbocycles. The number of carbonyl (C=O) groups is 1. The summed E-state index contributed by atoms with van der Waals surface area (Å²) in [5.74, 6) is 0.326. The van der Waals surface area contributed by atoms with E-state index in [2.05, 4.69) is 29.2 Å². The van der Waals surface area contributed by atoms with Crippen LogP contribution in [0.5, 0.6) is 0 Å². The number of nitrogens with zero attached hydrogens (tertiary/aromatic N) is 1. The van der Waals surface area contributed by atoms with E-state index in [1.165, 1.54) is 10.5 Å². The number of thioether (sulfide) groups is 1. The average Bonchev–Trinajstić information content (AvgIpc) is 2.27. The summed E-state index contributed by atoms with van der Waals surface area (Å²) in [7, 11) is 0. The van der Waals surface area contributed by atoms with Crippen LogP contribution in [0.1, 0.15) is 18.0 Å². The summed E-state index contributed by atoms with van der Waals surface area (Å²) in [6, 6.07) is 8.93. The van der Waals surface area contributed by atoms with E-state index >= 15 is 0 Å². The molecule has 1 saturated heterocycles. The zero-order valence-electron chi connectivity index (χ0n) is 9.50. The van der Waals surface area contributed by atoms with Crippen molar-refractivity contribution in [3.05, 3.63) is 29.8 Å². The summed E-state index contributed by atoms with van der Waals surface area (Å²) in [5.41, 5.74) is 1.38. The molecular formula is C13H15NO2S. The first-order chi connectivity index (χ1) is 8.25. The van der Waals surface area contributed by atoms with Gasteiger partial charge in [0.2, 0.25) is 0 Å². The van der Waals surface area contributed by atoms with E-state index in [1.54, 1.807) is 0 Å². The van der Waals surface area contributed by atoms with Gasteiger partial charge in [-0.05, 0) is 23.8 Å². The Balaban J connectivity index is 1.76. The molecule has 0 saturated carbocycles. The van der Waals surface area contributed by atoms with Crippen LogP contribution in [0, 0.1) is 5.92 Å². The fraction of sp³-hybridized carbons (Fsp3) is 0.462. The van der Waals surface area contributed by atoms with Crippen LogP contribution in [0.15, 0.2) is 29.2 Å². The van der Waals surface area contributed by atoms with Crippen molar-refractivity contribution in [2.75, 3.05) is 18.8 Å². The first-order valence-corrected chi connectivity index (χ1v) is 6.93. The quantitative estimate of drug-likeness (QED) is 0.872. The summed E-state index contributed by atoms with van der Waals surface area (Å²) in [6.45, 7) is 1.41. The minimum Gasteiger partial charge on any atom is -0.481 e. The third-order valence-corrected chi connectivity index (χ3v) is 4.75. The zero-order valence-corrected chi connectivity index (χ0v) is 10.3. The smallest absolute Gasteiger partial charge is 0.309 e. The molecule has 3 nitrogen and oxygen atoms in total. The van der Waals surface area contributed by atoms with E-state index in [1.807, 2.05) is 11.8 Å². The molecule has 0 amide bonds. The van der Waals surface area contributed by atoms with Crippen LogP contribution in [-0.4, -0.2) is 34.8 Å². The van der Waals surface area contributed by atoms with Crippen molar-refractivity contribution in [3.63, 3.8) is 0 Å². The van der Waals surface area contributed by atoms with E-state index in [9.17, 15) is 4.79 Å². The zero-order chi connectivity index (χ0) is 11.8. The molecule has 1 unspecified atom stereocenters. The van der Waals surface area contributed by atoms with Gasteiger partial charge in [0.1, 0.15) is 0 Å². The predicted molar refractivity (Wildman–Crippen MR) is 67.2 cm³/mol. The lowest BCUT2D eigenvalue weighted by atomic mass is 9.93. The summed E-state index contributed by atoms with van der Waals surface area (Å²) in [4.78, 5) is 14.5. The maximum absolute atomic E-state index is 10.8. The second-order valence-electron chi connectivity index (χ2n) is 4.68. The monoisotopic (exact) mass is 249 g/mol. The summed E-state index contributed by atoms with van der Waals surface area (Å²) in [5, 5.41) is 8.91. The van der Waals surface area contributed by atoms with Gasteiger partial charge in [-0.15, -0.1) is 11.8 Å². The molecule has 17 heavy (non-hydrogen) atoms. The second kappa shape index (κ2) is 4.35. The van der Waals surface area contributed by atoms with E-state index in [-0.39, 0.29) is 5.92 Å². The van der Waals surface area contributed by atoms with Crippen molar-refractivity contribution in [2.24, 2.45) is 5.92 Å². The molecule has 2 aliphatic rings. The van der Waals surface area contributed by atoms with Crippen molar-refractivity contribution < 1.29 is 9.90 Å². The third kappa shape index (κ3) is 1.96. The van der Waals surface area contributed by atoms with Gasteiger partial charge in [0.15, 0.2) is 0 Å². The van der Waals surface area contributed by atoms with Crippen molar-refractivity contribution in [3.8, 4) is 0 Å². The Labute approximate surface area is 105 Å². The fourth-order valence-corrected chi connectivity index (χ4v) is 3.73. The Morgan fingerprint density at radius 2 is 2.12 bits per heavy atom. The molecule has 4 heteroatoms. The van der Waals surface area contributed by atoms with Crippen LogP contribution in [0.2, 0.25) is 0 Å². The maximum atomic E-state index is 10.8. The lowest BCUT2D eigenvalue weighted by molar-refractivity contribution is -0.148. The number of fused-ring (bicyclic) bond motifs is 1. The van der Waals surface area contributed by atoms with Crippen LogP contribution in [0.25, 0.3) is 0 Å². The number of aliphatic carboxylic acids is 1. The van der Waals surface area contributed by atoms with Gasteiger partial charge in [-0.25, -0.2) is 0 Å². The first-order valence-electron chi connectivity index (χ1n) is 5.94. The largest absolute Gasteiger partial charge is 0.481 e. The number of carboxylic acids is 1. The third-order valence-electron chi connectivity index (χ3n) is 3.63. The van der Waals surface area contributed by atoms with Crippen LogP contribution >= 0.6 is 11.8 Å². The van der Waals surface area contributed by atoms with Crippen molar-refractivity contribution in [2.45, 2.75) is 17.4 Å². The van der Waals surface area contributed by atoms with Gasteiger partial charge >= 0.3 is 5.97 Å². The highest BCUT2D eigenvalue weighted by molar-refractivity contribution is 7.99. The molecule has 2 aliphatic heterocycles. The summed E-state index contributed by atoms with van der Waals surface area (Å²) >= 11 is 1.91. The first kappa shape index (κ1) is 11.1. The number of rotatable bonds is 2. The molecular weight excluding hydrogens is 234 g/mol. The van der Waals surface area contributed by atoms with Gasteiger partial charge in [-0.3, -0.25) is 9.69 Å². The Kier molecular flexibility index (Phi) is 2.84. The number of hydrogen-bond donors (Lipinski definition) is 1. The highest BCUT2D eigenvalue weighted by atomic mass is 32.2. The SMILES string of the molecule is O=C(O)C1CN(C2CCSc3ccccc32)C1. The van der Waals surface area contributed by atoms with E-state index < -0.39 is 5.97 Å². The summed E-state index contributed by atoms with van der Waals surface area (Å²) in [6.07, 6.45) is 1.13. The van der Waals surface area contributed by atoms with Crippen LogP contribution < -0.4 is 0 Å². The minimum atomic E-state index is -0.653. The predicted octanol–water partition coefficient (Wildman–Crippen LogP) is 2.24. The molecule has 1 atom stereocenters. The van der Waals surface area contributed by atoms with Crippen LogP contribution in [0.3, 0.4) is 0 Å². The topological polar surface area (TPSA) is 40.5 Å². The minimum absolute atomic E-state index is 0.156. The Morgan fingerprint density at radius 3 is 2.88 bits per heavy atom. The molecule has 1 fully saturated rings. The Morgan fingerprint density at radius 1 is 1.35 bits per heavy atom. The molecule has 1 N–H and O–H groups in total. The van der Waals surface area contributed by atoms with Gasteiger partial charge < -0.3 is 5.11 Å². The number of hydrogen-bond acceptors (Lipinski definition) is 3. The van der Waals surface area contributed by atoms with E-state index in [0.717, 1.165) is 12.2 Å². The molecule has 0 bridgehead atoms. The number of carboxylic acid groups (broad SMARTS) is 1. The Hall–Kier alpha value is -1.00. The fourth-order valence-electron chi connectivity index (χ4n) is 2.63. The van der Waals surface area contributed by atoms with Gasteiger partial charge in [0, 0.05) is 24.0 Å². The molecule has 0 spiro atoms. The average molecular weight is 249 g/mol. The Bertz CT molecular complexity index is 443. The van der Waals surface area contributed by atoms with Gasteiger partial charge in [-0.1, -0.05) is 18.2 Å². The molecule has 1 aromatic rings. The molecule has 1 aromatic carbocycles. The molecule has 0 radical (unpaired) electrons. The van der Waals surface area contributed by atoms with Gasteiger partial charge in [0.25, 0.3) is 0 Å². The lowest BCUT2D eigenvalue weighted by Crippen LogP contribution is -2.52. The molecule has 0 aromatic heterocycles. The van der Waals surface area contributed by atoms with E-state index in [0.29, 0.717) is 19.1 Å². The lowest BCUT2D eigenvalue weighted by Gasteiger charge is -2.44. The normalized spacial score (nSPS) is 25.1. The molecule has 3 rings (SSSR count). The van der Waals surface area contributed by atoms with Crippen LogP contribution in [-0.2, 0) is 4.79 Å². The maximum Gasteiger partial charge on any atom is 0.309 e. The van der Waals surface area contributed by atoms with E-state index in [4.69, 9.17) is 5.11 Å². The highest BCUT2D eigenvalue weighted by Crippen LogP contribution is 2.41. The van der Waals surface area contributed by atoms with Gasteiger partial charge in [0.05, 0.1) is 5.92 Å². The van der Waals surface area contributed by atoms with Crippen molar-refractivity contribution >= 4 is 17.7 Å². The summed E-state index contributed by atoms with van der Waals surface area (Å²) < 4.78 is 0. The van der Waals surface area contributed by atoms with Crippen LogP contribution in [0.4, 0.5) is 0 Å². The molecule has 2 heterocycles. The second-order valence-corrected chi connectivity index (χ2v) is 5.82. The highest BCUT2D eigenvalue weighted by Gasteiger charge is 2.38. The number of benzene rings is 1. The number of likely N-dealkylation sites (tertiary alicyclic amines) is 1.